The fourth-order valence-electron chi connectivity index (χ4n) is 5.52. The summed E-state index contributed by atoms with van der Waals surface area (Å²) in [5, 5.41) is 11.1. The van der Waals surface area contributed by atoms with E-state index in [4.69, 9.17) is 24.7 Å². The average molecular weight is 550 g/mol. The molecule has 39 heavy (non-hydrogen) atoms. The van der Waals surface area contributed by atoms with Gasteiger partial charge in [0.15, 0.2) is 11.5 Å². The Kier molecular flexibility index (Phi) is 15.4. The average Bonchev–Trinajstić information content (AvgIpc) is 2.92. The molecule has 1 heterocycles. The minimum Gasteiger partial charge on any atom is -0.493 e. The van der Waals surface area contributed by atoms with Crippen LogP contribution in [-0.4, -0.2) is 63.7 Å². The molecular formula is C32H55NO6. The number of ketones is 1. The van der Waals surface area contributed by atoms with Gasteiger partial charge in [-0.2, -0.15) is 0 Å². The lowest BCUT2D eigenvalue weighted by molar-refractivity contribution is -0.126. The molecule has 1 saturated heterocycles. The molecule has 0 radical (unpaired) electrons. The van der Waals surface area contributed by atoms with Crippen LogP contribution < -0.4 is 15.2 Å². The number of hydrogen-bond donors (Lipinski definition) is 2. The molecule has 0 spiro atoms. The normalized spacial score (nSPS) is 19.1. The number of ether oxygens (including phenoxy) is 4. The summed E-state index contributed by atoms with van der Waals surface area (Å²) in [4.78, 5) is 13.1. The van der Waals surface area contributed by atoms with Gasteiger partial charge in [0.05, 0.1) is 19.8 Å². The van der Waals surface area contributed by atoms with Crippen molar-refractivity contribution in [2.45, 2.75) is 91.2 Å². The van der Waals surface area contributed by atoms with Crippen molar-refractivity contribution in [1.82, 2.24) is 0 Å². The third kappa shape index (κ3) is 11.8. The number of aliphatic hydroxyl groups excluding tert-OH is 1. The molecule has 1 aliphatic rings. The summed E-state index contributed by atoms with van der Waals surface area (Å²) in [6.07, 6.45) is 5.68. The summed E-state index contributed by atoms with van der Waals surface area (Å²) in [6.45, 7) is 11.3. The summed E-state index contributed by atoms with van der Waals surface area (Å²) in [7, 11) is 3.33. The van der Waals surface area contributed by atoms with Crippen LogP contribution in [0.25, 0.3) is 0 Å². The van der Waals surface area contributed by atoms with Crippen LogP contribution in [0, 0.1) is 29.6 Å². The van der Waals surface area contributed by atoms with Crippen molar-refractivity contribution in [3.8, 4) is 11.5 Å². The van der Waals surface area contributed by atoms with Gasteiger partial charge in [0, 0.05) is 51.7 Å². The number of Topliss-reactive ketones (excluding diaryl/α,β-unsaturated/α-hetero) is 1. The molecule has 5 atom stereocenters. The second-order valence-corrected chi connectivity index (χ2v) is 12.0. The van der Waals surface area contributed by atoms with Gasteiger partial charge >= 0.3 is 0 Å². The van der Waals surface area contributed by atoms with E-state index < -0.39 is 6.10 Å². The van der Waals surface area contributed by atoms with E-state index >= 15 is 0 Å². The minimum atomic E-state index is -0.712. The van der Waals surface area contributed by atoms with Crippen LogP contribution in [0.3, 0.4) is 0 Å². The van der Waals surface area contributed by atoms with Gasteiger partial charge < -0.3 is 29.8 Å². The smallest absolute Gasteiger partial charge is 0.161 e. The summed E-state index contributed by atoms with van der Waals surface area (Å²) < 4.78 is 22.2. The summed E-state index contributed by atoms with van der Waals surface area (Å²) >= 11 is 0. The molecule has 1 fully saturated rings. The summed E-state index contributed by atoms with van der Waals surface area (Å²) in [6, 6.07) is 5.68. The van der Waals surface area contributed by atoms with Gasteiger partial charge in [0.25, 0.3) is 0 Å². The Labute approximate surface area is 237 Å². The van der Waals surface area contributed by atoms with Gasteiger partial charge in [-0.1, -0.05) is 33.8 Å². The molecule has 0 aromatic heterocycles. The highest BCUT2D eigenvalue weighted by molar-refractivity contribution is 5.81. The maximum atomic E-state index is 13.1. The predicted octanol–water partition coefficient (Wildman–Crippen LogP) is 5.44. The highest BCUT2D eigenvalue weighted by Gasteiger charge is 2.30. The molecule has 0 aliphatic carbocycles. The molecular weight excluding hydrogens is 494 g/mol. The van der Waals surface area contributed by atoms with E-state index in [1.54, 1.807) is 14.2 Å². The zero-order chi connectivity index (χ0) is 28.8. The quantitative estimate of drug-likeness (QED) is 0.222. The third-order valence-corrected chi connectivity index (χ3v) is 8.26. The highest BCUT2D eigenvalue weighted by Crippen LogP contribution is 2.32. The third-order valence-electron chi connectivity index (χ3n) is 8.26. The van der Waals surface area contributed by atoms with Gasteiger partial charge in [0.2, 0.25) is 0 Å². The van der Waals surface area contributed by atoms with E-state index in [2.05, 4.69) is 33.8 Å². The molecule has 0 unspecified atom stereocenters. The Hall–Kier alpha value is -1.67. The number of carbonyl (C=O) groups is 1. The number of carbonyl (C=O) groups excluding carboxylic acids is 1. The Morgan fingerprint density at radius 2 is 1.87 bits per heavy atom. The van der Waals surface area contributed by atoms with E-state index in [-0.39, 0.29) is 29.6 Å². The zero-order valence-corrected chi connectivity index (χ0v) is 25.3. The number of rotatable bonds is 19. The van der Waals surface area contributed by atoms with Crippen molar-refractivity contribution < 1.29 is 28.8 Å². The number of methoxy groups -OCH3 is 2. The van der Waals surface area contributed by atoms with Gasteiger partial charge in [-0.15, -0.1) is 0 Å². The Morgan fingerprint density at radius 3 is 2.49 bits per heavy atom. The predicted molar refractivity (Wildman–Crippen MR) is 156 cm³/mol. The Morgan fingerprint density at radius 1 is 1.10 bits per heavy atom. The number of nitrogens with two attached hydrogens (primary N) is 1. The Bertz CT molecular complexity index is 823. The summed E-state index contributed by atoms with van der Waals surface area (Å²) in [5.74, 6) is 2.83. The standard InChI is InChI=1S/C32H55NO6/c1-22(2)26(17-25-11-13-31(37-6)32(18-25)39-16-8-14-36-5)19-28(33)30(35)20-27(23(3)4)29(34)12-10-24-9-7-15-38-21-24/h11,13,18,22-24,26-28,30,35H,7-10,12,14-17,19-21,33H2,1-6H3/t24-,26-,27-,28-,30-/m0/s1. The van der Waals surface area contributed by atoms with Crippen molar-refractivity contribution in [2.75, 3.05) is 40.6 Å². The molecule has 2 rings (SSSR count). The van der Waals surface area contributed by atoms with Crippen LogP contribution in [0.4, 0.5) is 0 Å². The summed E-state index contributed by atoms with van der Waals surface area (Å²) in [5.41, 5.74) is 7.74. The molecule has 7 nitrogen and oxygen atoms in total. The van der Waals surface area contributed by atoms with Gasteiger partial charge in [0.1, 0.15) is 5.78 Å². The van der Waals surface area contributed by atoms with Crippen molar-refractivity contribution >= 4 is 5.78 Å². The highest BCUT2D eigenvalue weighted by atomic mass is 16.5. The number of benzene rings is 1. The van der Waals surface area contributed by atoms with E-state index in [0.717, 1.165) is 56.6 Å². The van der Waals surface area contributed by atoms with Crippen LogP contribution in [0.2, 0.25) is 0 Å². The van der Waals surface area contributed by atoms with E-state index in [0.29, 0.717) is 50.1 Å². The molecule has 1 aromatic rings. The van der Waals surface area contributed by atoms with Crippen molar-refractivity contribution in [3.05, 3.63) is 23.8 Å². The van der Waals surface area contributed by atoms with Gasteiger partial charge in [-0.05, 0) is 79.9 Å². The Balaban J connectivity index is 1.97. The zero-order valence-electron chi connectivity index (χ0n) is 25.3. The minimum absolute atomic E-state index is 0.171. The fourth-order valence-corrected chi connectivity index (χ4v) is 5.52. The largest absolute Gasteiger partial charge is 0.493 e. The van der Waals surface area contributed by atoms with Crippen LogP contribution in [0.15, 0.2) is 18.2 Å². The maximum Gasteiger partial charge on any atom is 0.161 e. The molecule has 0 saturated carbocycles. The monoisotopic (exact) mass is 549 g/mol. The number of hydrogen-bond acceptors (Lipinski definition) is 7. The first-order valence-corrected chi connectivity index (χ1v) is 15.0. The molecule has 1 aromatic carbocycles. The molecule has 224 valence electrons. The van der Waals surface area contributed by atoms with Crippen LogP contribution in [0.5, 0.6) is 11.5 Å². The molecule has 0 bridgehead atoms. The van der Waals surface area contributed by atoms with Gasteiger partial charge in [-0.3, -0.25) is 4.79 Å². The van der Waals surface area contributed by atoms with Crippen molar-refractivity contribution in [1.29, 1.82) is 0 Å². The van der Waals surface area contributed by atoms with Crippen molar-refractivity contribution in [3.63, 3.8) is 0 Å². The first-order valence-electron chi connectivity index (χ1n) is 15.0. The lowest BCUT2D eigenvalue weighted by atomic mass is 9.79. The molecule has 7 heteroatoms. The van der Waals surface area contributed by atoms with E-state index in [1.165, 1.54) is 0 Å². The maximum absolute atomic E-state index is 13.1. The lowest BCUT2D eigenvalue weighted by Gasteiger charge is -2.30. The topological polar surface area (TPSA) is 100 Å². The molecule has 0 amide bonds. The van der Waals surface area contributed by atoms with Crippen LogP contribution in [-0.2, 0) is 20.7 Å². The second-order valence-electron chi connectivity index (χ2n) is 12.0. The van der Waals surface area contributed by atoms with E-state index in [1.807, 2.05) is 12.1 Å². The van der Waals surface area contributed by atoms with Gasteiger partial charge in [-0.25, -0.2) is 0 Å². The SMILES string of the molecule is COCCCOc1cc(C[C@@H](C[C@H](N)[C@@H](O)C[C@H](C(=O)CC[C@@H]2CCCOC2)C(C)C)C(C)C)ccc1OC. The van der Waals surface area contributed by atoms with Crippen molar-refractivity contribution in [2.24, 2.45) is 35.3 Å². The first kappa shape index (κ1) is 33.5. The second kappa shape index (κ2) is 17.9. The molecule has 3 N–H and O–H groups in total. The van der Waals surface area contributed by atoms with E-state index in [9.17, 15) is 9.90 Å². The molecule has 1 aliphatic heterocycles. The van der Waals surface area contributed by atoms with Crippen LogP contribution >= 0.6 is 0 Å². The first-order chi connectivity index (χ1) is 18.7. The lowest BCUT2D eigenvalue weighted by Crippen LogP contribution is -2.40. The number of aliphatic hydroxyl groups is 1. The van der Waals surface area contributed by atoms with Crippen LogP contribution in [0.1, 0.15) is 78.2 Å². The fraction of sp³-hybridized carbons (Fsp3) is 0.781.